The molecule has 1 rings (SSSR count). The molecule has 1 aromatic carbocycles. The number of unbranched alkanes of at least 4 members (excludes halogenated alkanes) is 6. The van der Waals surface area contributed by atoms with E-state index < -0.39 is 0 Å². The standard InChI is InChI=1S/C19H26O2.K.H/c1-2-3-4-5-6-7-8-12-15-19(20)21-17-16-18-13-10-9-11-14-18;;/h2,9-11,13-14,16-17H,1,3-8,12,15H2;;/q;+1;-1. The number of allylic oxidation sites excluding steroid dienone is 1. The van der Waals surface area contributed by atoms with Gasteiger partial charge in [0.2, 0.25) is 0 Å². The Bertz CT molecular complexity index is 432. The number of carbonyl (C=O) groups excluding carboxylic acids is 1. The monoisotopic (exact) mass is 326 g/mol. The van der Waals surface area contributed by atoms with E-state index in [-0.39, 0.29) is 58.8 Å². The van der Waals surface area contributed by atoms with Crippen molar-refractivity contribution in [3.63, 3.8) is 0 Å². The van der Waals surface area contributed by atoms with Crippen molar-refractivity contribution in [2.24, 2.45) is 0 Å². The summed E-state index contributed by atoms with van der Waals surface area (Å²) in [5.41, 5.74) is 1.03. The van der Waals surface area contributed by atoms with E-state index in [2.05, 4.69) is 6.58 Å². The van der Waals surface area contributed by atoms with E-state index in [1.807, 2.05) is 36.4 Å². The number of esters is 1. The number of hydrogen-bond acceptors (Lipinski definition) is 2. The molecule has 0 aliphatic heterocycles. The average molecular weight is 327 g/mol. The van der Waals surface area contributed by atoms with Gasteiger partial charge in [-0.3, -0.25) is 4.79 Å². The van der Waals surface area contributed by atoms with Crippen LogP contribution in [-0.2, 0) is 9.53 Å². The predicted octanol–water partition coefficient (Wildman–Crippen LogP) is 2.62. The van der Waals surface area contributed by atoms with Crippen molar-refractivity contribution >= 4 is 12.0 Å². The second-order valence-electron chi connectivity index (χ2n) is 5.15. The minimum absolute atomic E-state index is 0. The molecule has 0 spiro atoms. The summed E-state index contributed by atoms with van der Waals surface area (Å²) in [6.07, 6.45) is 13.8. The van der Waals surface area contributed by atoms with Gasteiger partial charge in [0.05, 0.1) is 6.26 Å². The van der Waals surface area contributed by atoms with Crippen molar-refractivity contribution in [1.29, 1.82) is 0 Å². The largest absolute Gasteiger partial charge is 1.00 e. The quantitative estimate of drug-likeness (QED) is 0.205. The maximum atomic E-state index is 11.5. The number of hydrogen-bond donors (Lipinski definition) is 0. The number of rotatable bonds is 11. The first-order chi connectivity index (χ1) is 10.3. The van der Waals surface area contributed by atoms with Crippen LogP contribution in [0.1, 0.15) is 58.4 Å². The molecule has 3 heteroatoms. The molecule has 0 fully saturated rings. The molecule has 22 heavy (non-hydrogen) atoms. The molecule has 0 saturated carbocycles. The Morgan fingerprint density at radius 1 is 1.05 bits per heavy atom. The SMILES string of the molecule is C=CCCCCCCCCC(=O)OC=Cc1ccccc1.[H-].[K+]. The number of carbonyl (C=O) groups is 1. The fourth-order valence-corrected chi connectivity index (χ4v) is 2.08. The molecule has 2 nitrogen and oxygen atoms in total. The van der Waals surface area contributed by atoms with Gasteiger partial charge in [0.25, 0.3) is 0 Å². The zero-order chi connectivity index (χ0) is 15.2. The van der Waals surface area contributed by atoms with E-state index in [0.717, 1.165) is 24.8 Å². The smallest absolute Gasteiger partial charge is 1.00 e. The second kappa shape index (κ2) is 15.7. The summed E-state index contributed by atoms with van der Waals surface area (Å²) in [6.45, 7) is 3.71. The van der Waals surface area contributed by atoms with E-state index in [4.69, 9.17) is 4.74 Å². The number of benzene rings is 1. The third-order valence-electron chi connectivity index (χ3n) is 3.30. The topological polar surface area (TPSA) is 26.3 Å². The molecule has 0 aromatic heterocycles. The Balaban J connectivity index is 0. The van der Waals surface area contributed by atoms with E-state index in [1.165, 1.54) is 31.9 Å². The maximum absolute atomic E-state index is 11.5. The molecule has 0 radical (unpaired) electrons. The van der Waals surface area contributed by atoms with Crippen LogP contribution < -0.4 is 51.4 Å². The Morgan fingerprint density at radius 2 is 1.68 bits per heavy atom. The summed E-state index contributed by atoms with van der Waals surface area (Å²) >= 11 is 0. The van der Waals surface area contributed by atoms with Crippen molar-refractivity contribution < 1.29 is 62.3 Å². The Morgan fingerprint density at radius 3 is 2.36 bits per heavy atom. The van der Waals surface area contributed by atoms with Gasteiger partial charge >= 0.3 is 57.4 Å². The molecular formula is C19H27KO2. The van der Waals surface area contributed by atoms with Crippen molar-refractivity contribution in [2.75, 3.05) is 0 Å². The third-order valence-corrected chi connectivity index (χ3v) is 3.30. The molecule has 0 saturated heterocycles. The molecule has 0 heterocycles. The minimum atomic E-state index is -0.145. The fourth-order valence-electron chi connectivity index (χ4n) is 2.08. The minimum Gasteiger partial charge on any atom is -1.00 e. The summed E-state index contributed by atoms with van der Waals surface area (Å²) < 4.78 is 5.08. The van der Waals surface area contributed by atoms with Crippen LogP contribution in [0.2, 0.25) is 0 Å². The fraction of sp³-hybridized carbons (Fsp3) is 0.421. The number of ether oxygens (including phenoxy) is 1. The van der Waals surface area contributed by atoms with Gasteiger partial charge < -0.3 is 6.16 Å². The van der Waals surface area contributed by atoms with Gasteiger partial charge in [-0.2, -0.15) is 0 Å². The zero-order valence-electron chi connectivity index (χ0n) is 14.8. The van der Waals surface area contributed by atoms with E-state index in [1.54, 1.807) is 6.08 Å². The van der Waals surface area contributed by atoms with Crippen LogP contribution in [0, 0.1) is 0 Å². The van der Waals surface area contributed by atoms with E-state index >= 15 is 0 Å². The van der Waals surface area contributed by atoms with Crippen LogP contribution in [-0.4, -0.2) is 5.97 Å². The van der Waals surface area contributed by atoms with Crippen LogP contribution in [0.5, 0.6) is 0 Å². The van der Waals surface area contributed by atoms with Gasteiger partial charge in [-0.1, -0.05) is 62.1 Å². The predicted molar refractivity (Wildman–Crippen MR) is 89.8 cm³/mol. The summed E-state index contributed by atoms with van der Waals surface area (Å²) in [7, 11) is 0. The molecule has 1 aromatic rings. The molecule has 0 unspecified atom stereocenters. The van der Waals surface area contributed by atoms with Gasteiger partial charge in [-0.15, -0.1) is 6.58 Å². The Kier molecular flexibility index (Phi) is 15.6. The van der Waals surface area contributed by atoms with E-state index in [0.29, 0.717) is 6.42 Å². The van der Waals surface area contributed by atoms with Gasteiger partial charge in [-0.25, -0.2) is 0 Å². The molecule has 0 atom stereocenters. The van der Waals surface area contributed by atoms with Gasteiger partial charge in [0.15, 0.2) is 0 Å². The van der Waals surface area contributed by atoms with Crippen LogP contribution in [0.4, 0.5) is 0 Å². The molecule has 116 valence electrons. The molecule has 0 amide bonds. The van der Waals surface area contributed by atoms with Gasteiger partial charge in [0, 0.05) is 6.42 Å². The van der Waals surface area contributed by atoms with Crippen LogP contribution in [0.25, 0.3) is 6.08 Å². The van der Waals surface area contributed by atoms with Crippen molar-refractivity contribution in [3.05, 3.63) is 54.8 Å². The second-order valence-corrected chi connectivity index (χ2v) is 5.15. The third kappa shape index (κ3) is 12.4. The first-order valence-corrected chi connectivity index (χ1v) is 7.85. The maximum Gasteiger partial charge on any atom is 1.00 e. The summed E-state index contributed by atoms with van der Waals surface area (Å²) in [5.74, 6) is -0.145. The zero-order valence-corrected chi connectivity index (χ0v) is 16.9. The first-order valence-electron chi connectivity index (χ1n) is 7.85. The van der Waals surface area contributed by atoms with Gasteiger partial charge in [-0.05, 0) is 30.9 Å². The molecule has 0 bridgehead atoms. The van der Waals surface area contributed by atoms with E-state index in [9.17, 15) is 4.79 Å². The van der Waals surface area contributed by atoms with Crippen LogP contribution in [0.3, 0.4) is 0 Å². The van der Waals surface area contributed by atoms with Gasteiger partial charge in [0.1, 0.15) is 0 Å². The van der Waals surface area contributed by atoms with Crippen molar-refractivity contribution in [2.45, 2.75) is 51.4 Å². The first kappa shape index (κ1) is 21.8. The normalized spacial score (nSPS) is 10.2. The van der Waals surface area contributed by atoms with Crippen molar-refractivity contribution in [1.82, 2.24) is 0 Å². The van der Waals surface area contributed by atoms with Crippen LogP contribution in [0.15, 0.2) is 49.2 Å². The molecular weight excluding hydrogens is 299 g/mol. The molecule has 0 aliphatic carbocycles. The Labute approximate surface area is 178 Å². The Hall–Kier alpha value is -0.194. The summed E-state index contributed by atoms with van der Waals surface area (Å²) in [5, 5.41) is 0. The van der Waals surface area contributed by atoms with Crippen LogP contribution >= 0.6 is 0 Å². The molecule has 0 aliphatic rings. The summed E-state index contributed by atoms with van der Waals surface area (Å²) in [6, 6.07) is 9.81. The summed E-state index contributed by atoms with van der Waals surface area (Å²) in [4.78, 5) is 11.5. The van der Waals surface area contributed by atoms with Crippen molar-refractivity contribution in [3.8, 4) is 0 Å². The molecule has 0 N–H and O–H groups in total. The average Bonchev–Trinajstić information content (AvgIpc) is 2.51.